The number of benzene rings is 1. The summed E-state index contributed by atoms with van der Waals surface area (Å²) >= 11 is 5.91. The average molecular weight is 291 g/mol. The number of halogens is 1. The van der Waals surface area contributed by atoms with Crippen molar-refractivity contribution in [2.75, 3.05) is 5.88 Å². The largest absolute Gasteiger partial charge is 0.348 e. The van der Waals surface area contributed by atoms with E-state index in [1.807, 2.05) is 24.3 Å². The molecule has 20 heavy (non-hydrogen) atoms. The second kappa shape index (κ2) is 6.71. The SMILES string of the molecule is CC(C)CC(CCl)NC(=O)c1ccc2ncccc2c1. The number of amides is 1. The van der Waals surface area contributed by atoms with Gasteiger partial charge in [-0.1, -0.05) is 19.9 Å². The molecule has 106 valence electrons. The molecule has 0 fully saturated rings. The first-order valence-electron chi connectivity index (χ1n) is 6.81. The van der Waals surface area contributed by atoms with E-state index in [9.17, 15) is 4.79 Å². The molecular weight excluding hydrogens is 272 g/mol. The topological polar surface area (TPSA) is 42.0 Å². The molecule has 1 amide bonds. The van der Waals surface area contributed by atoms with Crippen molar-refractivity contribution >= 4 is 28.4 Å². The number of hydrogen-bond donors (Lipinski definition) is 1. The van der Waals surface area contributed by atoms with Gasteiger partial charge in [-0.2, -0.15) is 0 Å². The van der Waals surface area contributed by atoms with Crippen LogP contribution in [0.3, 0.4) is 0 Å². The Morgan fingerprint density at radius 3 is 2.85 bits per heavy atom. The molecule has 1 aromatic heterocycles. The Kier molecular flexibility index (Phi) is 4.96. The lowest BCUT2D eigenvalue weighted by Gasteiger charge is -2.18. The number of alkyl halides is 1. The van der Waals surface area contributed by atoms with E-state index < -0.39 is 0 Å². The van der Waals surface area contributed by atoms with Crippen molar-refractivity contribution in [3.63, 3.8) is 0 Å². The van der Waals surface area contributed by atoms with Crippen molar-refractivity contribution in [2.24, 2.45) is 5.92 Å². The van der Waals surface area contributed by atoms with Crippen LogP contribution in [0.4, 0.5) is 0 Å². The fourth-order valence-corrected chi connectivity index (χ4v) is 2.42. The van der Waals surface area contributed by atoms with E-state index in [-0.39, 0.29) is 11.9 Å². The zero-order chi connectivity index (χ0) is 14.5. The molecule has 0 aliphatic rings. The maximum Gasteiger partial charge on any atom is 0.251 e. The Balaban J connectivity index is 2.14. The van der Waals surface area contributed by atoms with E-state index in [1.54, 1.807) is 12.3 Å². The Labute approximate surface area is 124 Å². The summed E-state index contributed by atoms with van der Waals surface area (Å²) in [6.07, 6.45) is 2.62. The standard InChI is InChI=1S/C16H19ClN2O/c1-11(2)8-14(10-17)19-16(20)13-5-6-15-12(9-13)4-3-7-18-15/h3-7,9,11,14H,8,10H2,1-2H3,(H,19,20). The summed E-state index contributed by atoms with van der Waals surface area (Å²) in [6, 6.07) is 9.34. The number of carbonyl (C=O) groups is 1. The van der Waals surface area contributed by atoms with Crippen LogP contribution in [0.1, 0.15) is 30.6 Å². The van der Waals surface area contributed by atoms with Crippen LogP contribution in [-0.4, -0.2) is 22.8 Å². The Morgan fingerprint density at radius 1 is 1.35 bits per heavy atom. The van der Waals surface area contributed by atoms with Gasteiger partial charge >= 0.3 is 0 Å². The highest BCUT2D eigenvalue weighted by atomic mass is 35.5. The van der Waals surface area contributed by atoms with Gasteiger partial charge in [0.05, 0.1) is 5.52 Å². The number of rotatable bonds is 5. The predicted octanol–water partition coefficient (Wildman–Crippen LogP) is 3.62. The van der Waals surface area contributed by atoms with Crippen molar-refractivity contribution in [2.45, 2.75) is 26.3 Å². The second-order valence-electron chi connectivity index (χ2n) is 5.37. The van der Waals surface area contributed by atoms with Crippen molar-refractivity contribution in [1.29, 1.82) is 0 Å². The third-order valence-corrected chi connectivity index (χ3v) is 3.52. The normalized spacial score (nSPS) is 12.6. The fraction of sp³-hybridized carbons (Fsp3) is 0.375. The van der Waals surface area contributed by atoms with E-state index in [0.717, 1.165) is 17.3 Å². The first-order valence-corrected chi connectivity index (χ1v) is 7.35. The number of hydrogen-bond acceptors (Lipinski definition) is 2. The Morgan fingerprint density at radius 2 is 2.15 bits per heavy atom. The van der Waals surface area contributed by atoms with Crippen molar-refractivity contribution < 1.29 is 4.79 Å². The van der Waals surface area contributed by atoms with Crippen LogP contribution in [0.15, 0.2) is 36.5 Å². The van der Waals surface area contributed by atoms with E-state index >= 15 is 0 Å². The minimum atomic E-state index is -0.0814. The highest BCUT2D eigenvalue weighted by Gasteiger charge is 2.14. The quantitative estimate of drug-likeness (QED) is 0.855. The first-order chi connectivity index (χ1) is 9.60. The molecular formula is C16H19ClN2O. The van der Waals surface area contributed by atoms with E-state index in [2.05, 4.69) is 24.1 Å². The van der Waals surface area contributed by atoms with Gasteiger partial charge in [0, 0.05) is 29.1 Å². The molecule has 3 nitrogen and oxygen atoms in total. The smallest absolute Gasteiger partial charge is 0.251 e. The third-order valence-electron chi connectivity index (χ3n) is 3.14. The number of pyridine rings is 1. The van der Waals surface area contributed by atoms with Crippen LogP contribution >= 0.6 is 11.6 Å². The molecule has 0 saturated heterocycles. The van der Waals surface area contributed by atoms with Gasteiger partial charge in [-0.05, 0) is 36.6 Å². The molecule has 0 aliphatic carbocycles. The van der Waals surface area contributed by atoms with Gasteiger partial charge in [-0.3, -0.25) is 9.78 Å². The second-order valence-corrected chi connectivity index (χ2v) is 5.67. The number of nitrogens with one attached hydrogen (secondary N) is 1. The lowest BCUT2D eigenvalue weighted by atomic mass is 10.0. The van der Waals surface area contributed by atoms with Crippen LogP contribution < -0.4 is 5.32 Å². The first kappa shape index (κ1) is 14.8. The summed E-state index contributed by atoms with van der Waals surface area (Å²) in [4.78, 5) is 16.5. The van der Waals surface area contributed by atoms with Crippen molar-refractivity contribution in [1.82, 2.24) is 10.3 Å². The molecule has 0 radical (unpaired) electrons. The summed E-state index contributed by atoms with van der Waals surface area (Å²) in [5, 5.41) is 3.95. The highest BCUT2D eigenvalue weighted by Crippen LogP contribution is 2.14. The summed E-state index contributed by atoms with van der Waals surface area (Å²) < 4.78 is 0. The van der Waals surface area contributed by atoms with E-state index in [1.165, 1.54) is 0 Å². The van der Waals surface area contributed by atoms with Crippen LogP contribution in [0, 0.1) is 5.92 Å². The summed E-state index contributed by atoms with van der Waals surface area (Å²) in [6.45, 7) is 4.24. The number of nitrogens with zero attached hydrogens (tertiary/aromatic N) is 1. The van der Waals surface area contributed by atoms with Crippen molar-refractivity contribution in [3.8, 4) is 0 Å². The molecule has 1 atom stereocenters. The highest BCUT2D eigenvalue weighted by molar-refractivity contribution is 6.18. The Bertz CT molecular complexity index is 598. The fourth-order valence-electron chi connectivity index (χ4n) is 2.22. The maximum absolute atomic E-state index is 12.2. The van der Waals surface area contributed by atoms with Crippen LogP contribution in [-0.2, 0) is 0 Å². The number of fused-ring (bicyclic) bond motifs is 1. The molecule has 0 aliphatic heterocycles. The number of aromatic nitrogens is 1. The molecule has 1 heterocycles. The summed E-state index contributed by atoms with van der Waals surface area (Å²) in [7, 11) is 0. The molecule has 0 saturated carbocycles. The Hall–Kier alpha value is -1.61. The monoisotopic (exact) mass is 290 g/mol. The van der Waals surface area contributed by atoms with Crippen LogP contribution in [0.2, 0.25) is 0 Å². The van der Waals surface area contributed by atoms with Gasteiger partial charge in [-0.25, -0.2) is 0 Å². The molecule has 1 aromatic carbocycles. The number of carbonyl (C=O) groups excluding carboxylic acids is 1. The summed E-state index contributed by atoms with van der Waals surface area (Å²) in [5.41, 5.74) is 1.53. The summed E-state index contributed by atoms with van der Waals surface area (Å²) in [5.74, 6) is 0.848. The van der Waals surface area contributed by atoms with Crippen LogP contribution in [0.25, 0.3) is 10.9 Å². The predicted molar refractivity (Wildman–Crippen MR) is 83.2 cm³/mol. The molecule has 4 heteroatoms. The zero-order valence-electron chi connectivity index (χ0n) is 11.8. The molecule has 0 bridgehead atoms. The molecule has 0 spiro atoms. The molecule has 2 aromatic rings. The van der Waals surface area contributed by atoms with Gasteiger partial charge in [0.15, 0.2) is 0 Å². The van der Waals surface area contributed by atoms with Gasteiger partial charge in [0.2, 0.25) is 0 Å². The molecule has 2 rings (SSSR count). The van der Waals surface area contributed by atoms with Gasteiger partial charge < -0.3 is 5.32 Å². The van der Waals surface area contributed by atoms with Gasteiger partial charge in [-0.15, -0.1) is 11.6 Å². The average Bonchev–Trinajstić information content (AvgIpc) is 2.45. The molecule has 1 unspecified atom stereocenters. The molecule has 1 N–H and O–H groups in total. The maximum atomic E-state index is 12.2. The minimum absolute atomic E-state index is 0.00811. The van der Waals surface area contributed by atoms with Gasteiger partial charge in [0.1, 0.15) is 0 Å². The lowest BCUT2D eigenvalue weighted by molar-refractivity contribution is 0.0937. The van der Waals surface area contributed by atoms with Crippen LogP contribution in [0.5, 0.6) is 0 Å². The van der Waals surface area contributed by atoms with Crippen molar-refractivity contribution in [3.05, 3.63) is 42.1 Å². The zero-order valence-corrected chi connectivity index (χ0v) is 12.5. The van der Waals surface area contributed by atoms with E-state index in [0.29, 0.717) is 17.4 Å². The lowest BCUT2D eigenvalue weighted by Crippen LogP contribution is -2.37. The minimum Gasteiger partial charge on any atom is -0.348 e. The van der Waals surface area contributed by atoms with E-state index in [4.69, 9.17) is 11.6 Å². The third kappa shape index (κ3) is 3.70. The van der Waals surface area contributed by atoms with Gasteiger partial charge in [0.25, 0.3) is 5.91 Å².